The molecular weight excluding hydrogens is 214 g/mol. The Morgan fingerprint density at radius 1 is 1.29 bits per heavy atom. The molecule has 1 aliphatic carbocycles. The highest BCUT2D eigenvalue weighted by Gasteiger charge is 2.21. The maximum absolute atomic E-state index is 11.4. The summed E-state index contributed by atoms with van der Waals surface area (Å²) in [7, 11) is 1.47. The predicted octanol–water partition coefficient (Wildman–Crippen LogP) is 2.89. The molecule has 0 aromatic carbocycles. The fourth-order valence-electron chi connectivity index (χ4n) is 2.79. The topological polar surface area (TPSA) is 38.3 Å². The van der Waals surface area contributed by atoms with Crippen LogP contribution in [0.3, 0.4) is 0 Å². The van der Waals surface area contributed by atoms with E-state index in [0.29, 0.717) is 12.5 Å². The van der Waals surface area contributed by atoms with Crippen LogP contribution in [0.2, 0.25) is 0 Å². The van der Waals surface area contributed by atoms with Crippen molar-refractivity contribution >= 4 is 5.97 Å². The Labute approximate surface area is 105 Å². The van der Waals surface area contributed by atoms with Gasteiger partial charge >= 0.3 is 5.97 Å². The van der Waals surface area contributed by atoms with Crippen molar-refractivity contribution in [1.29, 1.82) is 0 Å². The zero-order valence-corrected chi connectivity index (χ0v) is 11.5. The molecule has 0 aromatic rings. The van der Waals surface area contributed by atoms with Gasteiger partial charge in [-0.1, -0.05) is 46.0 Å². The summed E-state index contributed by atoms with van der Waals surface area (Å²) in [6.45, 7) is 4.26. The molecule has 0 amide bonds. The number of methoxy groups -OCH3 is 1. The van der Waals surface area contributed by atoms with E-state index in [4.69, 9.17) is 4.74 Å². The largest absolute Gasteiger partial charge is 0.469 e. The normalized spacial score (nSPS) is 19.3. The number of carbonyl (C=O) groups excluding carboxylic acids is 1. The monoisotopic (exact) mass is 241 g/mol. The molecule has 0 aromatic heterocycles. The molecule has 0 bridgehead atoms. The Balaban J connectivity index is 2.40. The van der Waals surface area contributed by atoms with Crippen LogP contribution < -0.4 is 5.32 Å². The van der Waals surface area contributed by atoms with E-state index in [-0.39, 0.29) is 12.0 Å². The molecule has 0 saturated heterocycles. The van der Waals surface area contributed by atoms with Gasteiger partial charge in [0, 0.05) is 12.1 Å². The molecule has 0 aliphatic heterocycles. The molecular formula is C14H27NO2. The quantitative estimate of drug-likeness (QED) is 0.727. The van der Waals surface area contributed by atoms with Crippen LogP contribution in [0.1, 0.15) is 58.8 Å². The SMILES string of the molecule is COC(=O)CC(CC1CCCCC1)NC(C)C. The van der Waals surface area contributed by atoms with Gasteiger partial charge in [0.1, 0.15) is 0 Å². The second-order valence-electron chi connectivity index (χ2n) is 5.54. The average Bonchev–Trinajstić information content (AvgIpc) is 2.29. The lowest BCUT2D eigenvalue weighted by Gasteiger charge is -2.28. The first kappa shape index (κ1) is 14.5. The molecule has 1 N–H and O–H groups in total. The summed E-state index contributed by atoms with van der Waals surface area (Å²) in [5.41, 5.74) is 0. The van der Waals surface area contributed by atoms with Gasteiger partial charge in [-0.2, -0.15) is 0 Å². The maximum atomic E-state index is 11.4. The van der Waals surface area contributed by atoms with E-state index in [1.807, 2.05) is 0 Å². The van der Waals surface area contributed by atoms with Crippen molar-refractivity contribution in [1.82, 2.24) is 5.32 Å². The van der Waals surface area contributed by atoms with Crippen molar-refractivity contribution in [2.45, 2.75) is 70.9 Å². The van der Waals surface area contributed by atoms with Crippen molar-refractivity contribution in [3.63, 3.8) is 0 Å². The zero-order valence-electron chi connectivity index (χ0n) is 11.5. The van der Waals surface area contributed by atoms with Crippen LogP contribution in [0, 0.1) is 5.92 Å². The number of carbonyl (C=O) groups is 1. The second kappa shape index (κ2) is 7.70. The molecule has 0 radical (unpaired) electrons. The molecule has 0 heterocycles. The first-order valence-electron chi connectivity index (χ1n) is 6.94. The van der Waals surface area contributed by atoms with Crippen molar-refractivity contribution in [2.24, 2.45) is 5.92 Å². The van der Waals surface area contributed by atoms with E-state index in [1.54, 1.807) is 0 Å². The van der Waals surface area contributed by atoms with E-state index in [0.717, 1.165) is 12.3 Å². The van der Waals surface area contributed by atoms with E-state index < -0.39 is 0 Å². The van der Waals surface area contributed by atoms with Crippen LogP contribution in [0.25, 0.3) is 0 Å². The van der Waals surface area contributed by atoms with Gasteiger partial charge in [0.05, 0.1) is 13.5 Å². The Hall–Kier alpha value is -0.570. The number of ether oxygens (including phenoxy) is 1. The molecule has 1 rings (SSSR count). The Bertz CT molecular complexity index is 222. The molecule has 3 nitrogen and oxygen atoms in total. The second-order valence-corrected chi connectivity index (χ2v) is 5.54. The summed E-state index contributed by atoms with van der Waals surface area (Å²) in [5.74, 6) is 0.698. The molecule has 17 heavy (non-hydrogen) atoms. The van der Waals surface area contributed by atoms with Gasteiger partial charge in [-0.25, -0.2) is 0 Å². The summed E-state index contributed by atoms with van der Waals surface area (Å²) in [5, 5.41) is 3.49. The van der Waals surface area contributed by atoms with E-state index in [1.165, 1.54) is 39.2 Å². The van der Waals surface area contributed by atoms with E-state index >= 15 is 0 Å². The summed E-state index contributed by atoms with van der Waals surface area (Å²) in [6, 6.07) is 0.707. The van der Waals surface area contributed by atoms with E-state index in [2.05, 4.69) is 19.2 Å². The van der Waals surface area contributed by atoms with Crippen molar-refractivity contribution < 1.29 is 9.53 Å². The first-order chi connectivity index (χ1) is 8.11. The lowest BCUT2D eigenvalue weighted by atomic mass is 9.84. The molecule has 1 unspecified atom stereocenters. The standard InChI is InChI=1S/C14H27NO2/c1-11(2)15-13(10-14(16)17-3)9-12-7-5-4-6-8-12/h11-13,15H,4-10H2,1-3H3. The number of hydrogen-bond donors (Lipinski definition) is 1. The maximum Gasteiger partial charge on any atom is 0.307 e. The van der Waals surface area contributed by atoms with Gasteiger partial charge in [-0.05, 0) is 12.3 Å². The number of hydrogen-bond acceptors (Lipinski definition) is 3. The minimum atomic E-state index is -0.0982. The van der Waals surface area contributed by atoms with Crippen molar-refractivity contribution in [3.8, 4) is 0 Å². The molecule has 1 saturated carbocycles. The summed E-state index contributed by atoms with van der Waals surface area (Å²) >= 11 is 0. The van der Waals surface area contributed by atoms with Crippen LogP contribution in [0.5, 0.6) is 0 Å². The molecule has 100 valence electrons. The minimum absolute atomic E-state index is 0.0982. The van der Waals surface area contributed by atoms with Crippen LogP contribution >= 0.6 is 0 Å². The van der Waals surface area contributed by atoms with Crippen LogP contribution in [-0.4, -0.2) is 25.2 Å². The summed E-state index contributed by atoms with van der Waals surface area (Å²) in [4.78, 5) is 11.4. The highest BCUT2D eigenvalue weighted by atomic mass is 16.5. The van der Waals surface area contributed by atoms with Gasteiger partial charge in [0.2, 0.25) is 0 Å². The molecule has 0 spiro atoms. The summed E-state index contributed by atoms with van der Waals surface area (Å²) < 4.78 is 4.77. The lowest BCUT2D eigenvalue weighted by molar-refractivity contribution is -0.141. The van der Waals surface area contributed by atoms with Crippen LogP contribution in [0.15, 0.2) is 0 Å². The van der Waals surface area contributed by atoms with Gasteiger partial charge in [-0.15, -0.1) is 0 Å². The highest BCUT2D eigenvalue weighted by Crippen LogP contribution is 2.28. The van der Waals surface area contributed by atoms with Gasteiger partial charge in [0.25, 0.3) is 0 Å². The van der Waals surface area contributed by atoms with Gasteiger partial charge in [0.15, 0.2) is 0 Å². The fourth-order valence-corrected chi connectivity index (χ4v) is 2.79. The Kier molecular flexibility index (Phi) is 6.56. The first-order valence-corrected chi connectivity index (χ1v) is 6.94. The average molecular weight is 241 g/mol. The fraction of sp³-hybridized carbons (Fsp3) is 0.929. The molecule has 1 atom stereocenters. The van der Waals surface area contributed by atoms with E-state index in [9.17, 15) is 4.79 Å². The van der Waals surface area contributed by atoms with Crippen molar-refractivity contribution in [3.05, 3.63) is 0 Å². The molecule has 1 aliphatic rings. The minimum Gasteiger partial charge on any atom is -0.469 e. The molecule has 1 fully saturated rings. The molecule has 3 heteroatoms. The predicted molar refractivity (Wildman–Crippen MR) is 69.9 cm³/mol. The number of rotatable bonds is 6. The third kappa shape index (κ3) is 6.06. The van der Waals surface area contributed by atoms with Gasteiger partial charge in [-0.3, -0.25) is 4.79 Å². The summed E-state index contributed by atoms with van der Waals surface area (Å²) in [6.07, 6.45) is 8.39. The number of esters is 1. The Morgan fingerprint density at radius 3 is 2.47 bits per heavy atom. The van der Waals surface area contributed by atoms with Crippen molar-refractivity contribution in [2.75, 3.05) is 7.11 Å². The Morgan fingerprint density at radius 2 is 1.94 bits per heavy atom. The number of nitrogens with one attached hydrogen (secondary N) is 1. The third-order valence-corrected chi connectivity index (χ3v) is 3.55. The third-order valence-electron chi connectivity index (χ3n) is 3.55. The lowest BCUT2D eigenvalue weighted by Crippen LogP contribution is -2.38. The van der Waals surface area contributed by atoms with Gasteiger partial charge < -0.3 is 10.1 Å². The highest BCUT2D eigenvalue weighted by molar-refractivity contribution is 5.69. The smallest absolute Gasteiger partial charge is 0.307 e. The zero-order chi connectivity index (χ0) is 12.7. The van der Waals surface area contributed by atoms with Crippen LogP contribution in [-0.2, 0) is 9.53 Å². The van der Waals surface area contributed by atoms with Crippen LogP contribution in [0.4, 0.5) is 0 Å².